The lowest BCUT2D eigenvalue weighted by molar-refractivity contribution is 0.0954. The van der Waals surface area contributed by atoms with Crippen LogP contribution < -0.4 is 15.8 Å². The van der Waals surface area contributed by atoms with Gasteiger partial charge in [0.05, 0.1) is 12.8 Å². The Morgan fingerprint density at radius 3 is 2.85 bits per heavy atom. The highest BCUT2D eigenvalue weighted by atomic mass is 16.5. The molecule has 1 amide bonds. The Kier molecular flexibility index (Phi) is 5.60. The third-order valence-electron chi connectivity index (χ3n) is 3.80. The molecule has 0 aliphatic rings. The summed E-state index contributed by atoms with van der Waals surface area (Å²) in [4.78, 5) is 24.8. The van der Waals surface area contributed by atoms with E-state index < -0.39 is 0 Å². The van der Waals surface area contributed by atoms with Crippen molar-refractivity contribution in [3.8, 4) is 17.1 Å². The summed E-state index contributed by atoms with van der Waals surface area (Å²) in [5, 5.41) is 6.70. The molecule has 9 heteroatoms. The molecule has 3 aromatic rings. The highest BCUT2D eigenvalue weighted by Crippen LogP contribution is 2.22. The summed E-state index contributed by atoms with van der Waals surface area (Å²) in [7, 11) is 1.50. The molecule has 0 saturated heterocycles. The van der Waals surface area contributed by atoms with Crippen LogP contribution in [0.2, 0.25) is 0 Å². The predicted octanol–water partition coefficient (Wildman–Crippen LogP) is 1.65. The molecule has 27 heavy (non-hydrogen) atoms. The number of nitrogens with zero attached hydrogens (tertiary/aromatic N) is 4. The van der Waals surface area contributed by atoms with Gasteiger partial charge in [0.1, 0.15) is 0 Å². The van der Waals surface area contributed by atoms with Gasteiger partial charge in [0.25, 0.3) is 5.91 Å². The van der Waals surface area contributed by atoms with Crippen LogP contribution in [0.1, 0.15) is 29.0 Å². The molecule has 2 aromatic heterocycles. The van der Waals surface area contributed by atoms with Crippen LogP contribution in [0.25, 0.3) is 11.3 Å². The van der Waals surface area contributed by atoms with E-state index in [2.05, 4.69) is 25.4 Å². The Labute approximate surface area is 156 Å². The van der Waals surface area contributed by atoms with Crippen LogP contribution in [0.5, 0.6) is 5.88 Å². The number of aromatic nitrogens is 4. The first-order valence-electron chi connectivity index (χ1n) is 8.47. The van der Waals surface area contributed by atoms with Crippen LogP contribution in [0.4, 0.5) is 5.95 Å². The average Bonchev–Trinajstić information content (AvgIpc) is 3.15. The topological polar surface area (TPSA) is 129 Å². The summed E-state index contributed by atoms with van der Waals surface area (Å²) in [6, 6.07) is 8.74. The number of anilines is 1. The van der Waals surface area contributed by atoms with E-state index in [1.165, 1.54) is 7.11 Å². The van der Waals surface area contributed by atoms with Gasteiger partial charge in [-0.25, -0.2) is 4.98 Å². The highest BCUT2D eigenvalue weighted by molar-refractivity contribution is 5.95. The summed E-state index contributed by atoms with van der Waals surface area (Å²) in [5.74, 6) is 1.42. The van der Waals surface area contributed by atoms with E-state index in [4.69, 9.17) is 15.0 Å². The number of nitrogen functional groups attached to an aromatic ring is 1. The molecule has 2 heterocycles. The van der Waals surface area contributed by atoms with Gasteiger partial charge in [-0.3, -0.25) is 4.79 Å². The summed E-state index contributed by atoms with van der Waals surface area (Å²) in [5.41, 5.74) is 7.52. The number of carbonyl (C=O) groups is 1. The zero-order chi connectivity index (χ0) is 19.2. The Balaban J connectivity index is 1.67. The highest BCUT2D eigenvalue weighted by Gasteiger charge is 2.11. The molecule has 0 spiro atoms. The summed E-state index contributed by atoms with van der Waals surface area (Å²) in [6.45, 7) is 2.34. The molecule has 0 radical (unpaired) electrons. The van der Waals surface area contributed by atoms with Gasteiger partial charge in [0.15, 0.2) is 5.82 Å². The SMILES string of the molecule is CCc1nc(CCNC(=O)c2cccc(-c3cc(OC)nc(N)n3)c2)no1. The summed E-state index contributed by atoms with van der Waals surface area (Å²) < 4.78 is 10.2. The van der Waals surface area contributed by atoms with Gasteiger partial charge in [-0.1, -0.05) is 24.2 Å². The van der Waals surface area contributed by atoms with Crippen molar-refractivity contribution in [2.45, 2.75) is 19.8 Å². The summed E-state index contributed by atoms with van der Waals surface area (Å²) in [6.07, 6.45) is 1.18. The van der Waals surface area contributed by atoms with E-state index >= 15 is 0 Å². The third kappa shape index (κ3) is 4.57. The first kappa shape index (κ1) is 18.3. The normalized spacial score (nSPS) is 10.6. The number of nitrogens with one attached hydrogen (secondary N) is 1. The fourth-order valence-electron chi connectivity index (χ4n) is 2.44. The average molecular weight is 368 g/mol. The second-order valence-corrected chi connectivity index (χ2v) is 5.70. The van der Waals surface area contributed by atoms with Gasteiger partial charge in [-0.05, 0) is 12.1 Å². The largest absolute Gasteiger partial charge is 0.481 e. The minimum Gasteiger partial charge on any atom is -0.481 e. The number of carbonyl (C=O) groups excluding carboxylic acids is 1. The van der Waals surface area contributed by atoms with Crippen molar-refractivity contribution in [2.75, 3.05) is 19.4 Å². The van der Waals surface area contributed by atoms with Crippen molar-refractivity contribution >= 4 is 11.9 Å². The van der Waals surface area contributed by atoms with Crippen molar-refractivity contribution in [1.82, 2.24) is 25.4 Å². The maximum absolute atomic E-state index is 12.4. The van der Waals surface area contributed by atoms with E-state index in [1.807, 2.05) is 13.0 Å². The van der Waals surface area contributed by atoms with Gasteiger partial charge >= 0.3 is 0 Å². The van der Waals surface area contributed by atoms with Gasteiger partial charge in [-0.2, -0.15) is 9.97 Å². The number of rotatable bonds is 7. The van der Waals surface area contributed by atoms with E-state index in [9.17, 15) is 4.79 Å². The number of hydrogen-bond acceptors (Lipinski definition) is 8. The van der Waals surface area contributed by atoms with Gasteiger partial charge in [0.2, 0.25) is 17.7 Å². The van der Waals surface area contributed by atoms with E-state index in [1.54, 1.807) is 24.3 Å². The minimum atomic E-state index is -0.204. The first-order chi connectivity index (χ1) is 13.1. The first-order valence-corrected chi connectivity index (χ1v) is 8.47. The molecule has 9 nitrogen and oxygen atoms in total. The number of nitrogens with two attached hydrogens (primary N) is 1. The van der Waals surface area contributed by atoms with Crippen LogP contribution in [0, 0.1) is 0 Å². The van der Waals surface area contributed by atoms with Crippen LogP contribution in [0.15, 0.2) is 34.9 Å². The Morgan fingerprint density at radius 2 is 2.11 bits per heavy atom. The number of methoxy groups -OCH3 is 1. The molecule has 140 valence electrons. The fraction of sp³-hybridized carbons (Fsp3) is 0.278. The molecular weight excluding hydrogens is 348 g/mol. The molecule has 3 N–H and O–H groups in total. The fourth-order valence-corrected chi connectivity index (χ4v) is 2.44. The molecule has 0 aliphatic heterocycles. The minimum absolute atomic E-state index is 0.103. The standard InChI is InChI=1S/C18H20N6O3/c1-3-15-22-14(24-27-15)7-8-20-17(25)12-6-4-5-11(9-12)13-10-16(26-2)23-18(19)21-13/h4-6,9-10H,3,7-8H2,1-2H3,(H,20,25)(H2,19,21,23). The number of aryl methyl sites for hydroxylation is 1. The second kappa shape index (κ2) is 8.26. The Morgan fingerprint density at radius 1 is 1.26 bits per heavy atom. The zero-order valence-electron chi connectivity index (χ0n) is 15.1. The Hall–Kier alpha value is -3.49. The molecular formula is C18H20N6O3. The predicted molar refractivity (Wildman–Crippen MR) is 98.1 cm³/mol. The molecule has 1 aromatic carbocycles. The molecule has 0 unspecified atom stereocenters. The van der Waals surface area contributed by atoms with Gasteiger partial charge in [0, 0.05) is 36.6 Å². The van der Waals surface area contributed by atoms with Crippen molar-refractivity contribution in [1.29, 1.82) is 0 Å². The lowest BCUT2D eigenvalue weighted by Crippen LogP contribution is -2.26. The molecule has 0 saturated carbocycles. The van der Waals surface area contributed by atoms with Crippen molar-refractivity contribution < 1.29 is 14.1 Å². The smallest absolute Gasteiger partial charge is 0.251 e. The van der Waals surface area contributed by atoms with Crippen LogP contribution in [0.3, 0.4) is 0 Å². The molecule has 0 atom stereocenters. The molecule has 0 fully saturated rings. The number of hydrogen-bond donors (Lipinski definition) is 2. The molecule has 0 aliphatic carbocycles. The van der Waals surface area contributed by atoms with Gasteiger partial charge in [-0.15, -0.1) is 0 Å². The number of amides is 1. The number of benzene rings is 1. The zero-order valence-corrected chi connectivity index (χ0v) is 15.1. The van der Waals surface area contributed by atoms with Crippen molar-refractivity contribution in [2.24, 2.45) is 0 Å². The van der Waals surface area contributed by atoms with E-state index in [-0.39, 0.29) is 11.9 Å². The summed E-state index contributed by atoms with van der Waals surface area (Å²) >= 11 is 0. The van der Waals surface area contributed by atoms with E-state index in [0.717, 1.165) is 5.56 Å². The lowest BCUT2D eigenvalue weighted by Gasteiger charge is -2.08. The third-order valence-corrected chi connectivity index (χ3v) is 3.80. The number of ether oxygens (including phenoxy) is 1. The van der Waals surface area contributed by atoms with Crippen molar-refractivity contribution in [3.63, 3.8) is 0 Å². The Bertz CT molecular complexity index is 940. The van der Waals surface area contributed by atoms with Crippen LogP contribution >= 0.6 is 0 Å². The maximum atomic E-state index is 12.4. The van der Waals surface area contributed by atoms with Crippen LogP contribution in [-0.2, 0) is 12.8 Å². The molecule has 0 bridgehead atoms. The monoisotopic (exact) mass is 368 g/mol. The molecule has 3 rings (SSSR count). The second-order valence-electron chi connectivity index (χ2n) is 5.70. The maximum Gasteiger partial charge on any atom is 0.251 e. The van der Waals surface area contributed by atoms with Gasteiger partial charge < -0.3 is 20.3 Å². The van der Waals surface area contributed by atoms with Crippen molar-refractivity contribution in [3.05, 3.63) is 47.6 Å². The van der Waals surface area contributed by atoms with Crippen LogP contribution in [-0.4, -0.2) is 39.7 Å². The lowest BCUT2D eigenvalue weighted by atomic mass is 10.1. The van der Waals surface area contributed by atoms with E-state index in [0.29, 0.717) is 48.2 Å². The quantitative estimate of drug-likeness (QED) is 0.644.